The number of nitrogens with zero attached hydrogens (tertiary/aromatic N) is 2. The Kier molecular flexibility index (Phi) is 8.57. The zero-order chi connectivity index (χ0) is 26.4. The number of urea groups is 1. The lowest BCUT2D eigenvalue weighted by molar-refractivity contribution is -0.129. The smallest absolute Gasteiger partial charge is 0.315 e. The summed E-state index contributed by atoms with van der Waals surface area (Å²) in [6.07, 6.45) is 2.12. The number of rotatable bonds is 9. The van der Waals surface area contributed by atoms with E-state index in [0.717, 1.165) is 5.56 Å². The molecule has 0 unspecified atom stereocenters. The largest absolute Gasteiger partial charge is 0.497 e. The van der Waals surface area contributed by atoms with E-state index in [0.29, 0.717) is 11.4 Å². The lowest BCUT2D eigenvalue weighted by atomic mass is 10.0. The van der Waals surface area contributed by atoms with Gasteiger partial charge >= 0.3 is 6.03 Å². The van der Waals surface area contributed by atoms with Crippen LogP contribution in [0.2, 0.25) is 0 Å². The van der Waals surface area contributed by atoms with Crippen molar-refractivity contribution >= 4 is 23.8 Å². The van der Waals surface area contributed by atoms with Crippen molar-refractivity contribution in [2.24, 2.45) is 12.8 Å². The first-order chi connectivity index (χ1) is 17.1. The summed E-state index contributed by atoms with van der Waals surface area (Å²) in [6, 6.07) is 7.72. The van der Waals surface area contributed by atoms with E-state index < -0.39 is 29.9 Å². The monoisotopic (exact) mass is 498 g/mol. The Morgan fingerprint density at radius 2 is 1.81 bits per heavy atom. The summed E-state index contributed by atoms with van der Waals surface area (Å²) in [5.41, 5.74) is 6.78. The van der Waals surface area contributed by atoms with Gasteiger partial charge in [-0.15, -0.1) is 0 Å². The molecule has 11 nitrogen and oxygen atoms in total. The molecule has 0 bridgehead atoms. The van der Waals surface area contributed by atoms with Gasteiger partial charge in [-0.25, -0.2) is 4.79 Å². The second-order valence-corrected chi connectivity index (χ2v) is 9.20. The molecule has 11 heteroatoms. The van der Waals surface area contributed by atoms with Crippen molar-refractivity contribution in [2.45, 2.75) is 50.9 Å². The van der Waals surface area contributed by atoms with Crippen LogP contribution in [0.25, 0.3) is 0 Å². The van der Waals surface area contributed by atoms with Crippen LogP contribution in [0.1, 0.15) is 36.3 Å². The molecule has 1 aromatic heterocycles. The fourth-order valence-corrected chi connectivity index (χ4v) is 4.22. The summed E-state index contributed by atoms with van der Waals surface area (Å²) in [4.78, 5) is 52.5. The van der Waals surface area contributed by atoms with Crippen LogP contribution >= 0.6 is 0 Å². The molecule has 194 valence electrons. The number of carbonyl (C=O) groups excluding carboxylic acids is 4. The van der Waals surface area contributed by atoms with Crippen LogP contribution < -0.4 is 26.4 Å². The van der Waals surface area contributed by atoms with E-state index in [2.05, 4.69) is 16.0 Å². The maximum Gasteiger partial charge on any atom is 0.315 e. The van der Waals surface area contributed by atoms with Gasteiger partial charge in [0.1, 0.15) is 23.5 Å². The van der Waals surface area contributed by atoms with Gasteiger partial charge in [-0.1, -0.05) is 12.1 Å². The number of benzene rings is 1. The number of carbonyl (C=O) groups is 4. The van der Waals surface area contributed by atoms with E-state index in [4.69, 9.17) is 10.5 Å². The Hall–Kier alpha value is -4.02. The van der Waals surface area contributed by atoms with Gasteiger partial charge in [-0.3, -0.25) is 14.4 Å². The molecule has 1 aliphatic rings. The first-order valence-corrected chi connectivity index (χ1v) is 11.8. The molecule has 1 aliphatic heterocycles. The molecule has 1 fully saturated rings. The summed E-state index contributed by atoms with van der Waals surface area (Å²) < 4.78 is 6.82. The lowest BCUT2D eigenvalue weighted by Crippen LogP contribution is -2.53. The van der Waals surface area contributed by atoms with E-state index in [1.807, 2.05) is 13.8 Å². The normalized spacial score (nSPS) is 18.0. The van der Waals surface area contributed by atoms with Crippen molar-refractivity contribution in [3.05, 3.63) is 53.9 Å². The number of aromatic nitrogens is 1. The minimum atomic E-state index is -0.978. The highest BCUT2D eigenvalue weighted by molar-refractivity contribution is 5.98. The Balaban J connectivity index is 1.77. The molecule has 0 radical (unpaired) electrons. The number of hydrogen-bond donors (Lipinski definition) is 4. The third-order valence-corrected chi connectivity index (χ3v) is 6.04. The van der Waals surface area contributed by atoms with Crippen LogP contribution in [0.4, 0.5) is 4.79 Å². The number of methoxy groups -OCH3 is 1. The Morgan fingerprint density at radius 3 is 2.36 bits per heavy atom. The molecule has 1 saturated heterocycles. The van der Waals surface area contributed by atoms with Crippen molar-refractivity contribution in [2.75, 3.05) is 13.7 Å². The summed E-state index contributed by atoms with van der Waals surface area (Å²) in [7, 11) is 3.29. The minimum Gasteiger partial charge on any atom is -0.497 e. The number of ether oxygens (including phenoxy) is 1. The third-order valence-electron chi connectivity index (χ3n) is 6.04. The van der Waals surface area contributed by atoms with Crippen LogP contribution in [0, 0.1) is 0 Å². The van der Waals surface area contributed by atoms with Gasteiger partial charge in [-0.2, -0.15) is 0 Å². The lowest BCUT2D eigenvalue weighted by Gasteiger charge is -2.26. The van der Waals surface area contributed by atoms with Crippen molar-refractivity contribution in [3.63, 3.8) is 0 Å². The number of amides is 5. The van der Waals surface area contributed by atoms with Crippen molar-refractivity contribution in [1.82, 2.24) is 25.4 Å². The summed E-state index contributed by atoms with van der Waals surface area (Å²) in [5, 5.41) is 8.29. The van der Waals surface area contributed by atoms with E-state index in [1.54, 1.807) is 61.3 Å². The minimum absolute atomic E-state index is 0.0686. The molecular weight excluding hydrogens is 464 g/mol. The van der Waals surface area contributed by atoms with Gasteiger partial charge in [0.2, 0.25) is 11.8 Å². The average molecular weight is 499 g/mol. The van der Waals surface area contributed by atoms with E-state index in [1.165, 1.54) is 4.90 Å². The molecule has 0 saturated carbocycles. The molecule has 0 aliphatic carbocycles. The van der Waals surface area contributed by atoms with Crippen LogP contribution in [0.15, 0.2) is 42.6 Å². The van der Waals surface area contributed by atoms with Crippen LogP contribution in [0.5, 0.6) is 5.75 Å². The van der Waals surface area contributed by atoms with Crippen LogP contribution in [-0.4, -0.2) is 71.0 Å². The summed E-state index contributed by atoms with van der Waals surface area (Å²) in [6.45, 7) is 3.82. The van der Waals surface area contributed by atoms with Crippen LogP contribution in [-0.2, 0) is 23.1 Å². The predicted molar refractivity (Wildman–Crippen MR) is 133 cm³/mol. The Morgan fingerprint density at radius 1 is 1.11 bits per heavy atom. The highest BCUT2D eigenvalue weighted by Gasteiger charge is 2.42. The Bertz CT molecular complexity index is 1100. The van der Waals surface area contributed by atoms with Crippen molar-refractivity contribution < 1.29 is 23.9 Å². The summed E-state index contributed by atoms with van der Waals surface area (Å²) >= 11 is 0. The molecule has 2 aromatic rings. The quantitative estimate of drug-likeness (QED) is 0.398. The average Bonchev–Trinajstić information content (AvgIpc) is 3.44. The second-order valence-electron chi connectivity index (χ2n) is 9.20. The molecule has 5 N–H and O–H groups in total. The fourth-order valence-electron chi connectivity index (χ4n) is 4.22. The molecule has 3 atom stereocenters. The standard InChI is InChI=1S/C25H34N6O5/c1-15(2)27-25(35)28-17-13-21(31(14-17)24(34)20-6-5-11-30(20)3)23(33)29-19(22(26)32)12-16-7-9-18(36-4)10-8-16/h5-11,15,17,19,21H,12-14H2,1-4H3,(H2,26,32)(H,29,33)(H2,27,28,35)/t17-,19+,21+/m1/s1. The highest BCUT2D eigenvalue weighted by atomic mass is 16.5. The van der Waals surface area contributed by atoms with E-state index >= 15 is 0 Å². The fraction of sp³-hybridized carbons (Fsp3) is 0.440. The van der Waals surface area contributed by atoms with Gasteiger partial charge in [0.25, 0.3) is 5.91 Å². The zero-order valence-corrected chi connectivity index (χ0v) is 21.0. The van der Waals surface area contributed by atoms with Crippen molar-refractivity contribution in [1.29, 1.82) is 0 Å². The first-order valence-electron chi connectivity index (χ1n) is 11.8. The van der Waals surface area contributed by atoms with E-state index in [9.17, 15) is 19.2 Å². The Labute approximate surface area is 210 Å². The van der Waals surface area contributed by atoms with Gasteiger partial charge in [0.05, 0.1) is 13.2 Å². The number of nitrogens with one attached hydrogen (secondary N) is 3. The van der Waals surface area contributed by atoms with Gasteiger partial charge < -0.3 is 35.9 Å². The maximum atomic E-state index is 13.4. The number of aryl methyl sites for hydroxylation is 1. The molecule has 0 spiro atoms. The second kappa shape index (κ2) is 11.6. The molecule has 3 rings (SSSR count). The van der Waals surface area contributed by atoms with Gasteiger partial charge in [-0.05, 0) is 50.1 Å². The molecule has 36 heavy (non-hydrogen) atoms. The molecular formula is C25H34N6O5. The number of nitrogens with two attached hydrogens (primary N) is 1. The van der Waals surface area contributed by atoms with Crippen molar-refractivity contribution in [3.8, 4) is 5.75 Å². The summed E-state index contributed by atoms with van der Waals surface area (Å²) in [5.74, 6) is -0.881. The number of hydrogen-bond acceptors (Lipinski definition) is 5. The SMILES string of the molecule is COc1ccc(C[C@H](NC(=O)[C@@H]2C[C@@H](NC(=O)NC(C)C)CN2C(=O)c2cccn2C)C(N)=O)cc1. The topological polar surface area (TPSA) is 148 Å². The first kappa shape index (κ1) is 26.6. The molecule has 2 heterocycles. The highest BCUT2D eigenvalue weighted by Crippen LogP contribution is 2.22. The maximum absolute atomic E-state index is 13.4. The third kappa shape index (κ3) is 6.55. The van der Waals surface area contributed by atoms with Gasteiger partial charge in [0.15, 0.2) is 0 Å². The van der Waals surface area contributed by atoms with Gasteiger partial charge in [0, 0.05) is 32.3 Å². The predicted octanol–water partition coefficient (Wildman–Crippen LogP) is 0.537. The molecule has 1 aromatic carbocycles. The van der Waals surface area contributed by atoms with E-state index in [-0.39, 0.29) is 37.4 Å². The zero-order valence-electron chi connectivity index (χ0n) is 21.0. The van der Waals surface area contributed by atoms with Crippen LogP contribution in [0.3, 0.4) is 0 Å². The molecule has 5 amide bonds. The number of primary amides is 1. The number of likely N-dealkylation sites (tertiary alicyclic amines) is 1.